The van der Waals surface area contributed by atoms with Gasteiger partial charge in [0, 0.05) is 18.6 Å². The van der Waals surface area contributed by atoms with Crippen molar-refractivity contribution in [2.75, 3.05) is 19.6 Å². The van der Waals surface area contributed by atoms with Gasteiger partial charge < -0.3 is 5.32 Å². The average molecular weight is 252 g/mol. The molecule has 106 valence electrons. The third-order valence-corrected chi connectivity index (χ3v) is 5.02. The number of nitrogens with zero attached hydrogens (tertiary/aromatic N) is 1. The number of hydrogen-bond acceptors (Lipinski definition) is 2. The normalized spacial score (nSPS) is 30.3. The van der Waals surface area contributed by atoms with E-state index in [-0.39, 0.29) is 0 Å². The fraction of sp³-hybridized carbons (Fsp3) is 1.00. The molecule has 0 bridgehead atoms. The lowest BCUT2D eigenvalue weighted by Crippen LogP contribution is -2.45. The van der Waals surface area contributed by atoms with Crippen molar-refractivity contribution >= 4 is 0 Å². The molecular formula is C16H32N2. The van der Waals surface area contributed by atoms with Crippen molar-refractivity contribution in [1.29, 1.82) is 0 Å². The molecule has 1 heterocycles. The highest BCUT2D eigenvalue weighted by atomic mass is 15.2. The third-order valence-electron chi connectivity index (χ3n) is 5.02. The van der Waals surface area contributed by atoms with E-state index >= 15 is 0 Å². The van der Waals surface area contributed by atoms with Gasteiger partial charge in [0.15, 0.2) is 0 Å². The fourth-order valence-corrected chi connectivity index (χ4v) is 3.92. The predicted octanol–water partition coefficient (Wildman–Crippen LogP) is 3.42. The van der Waals surface area contributed by atoms with Gasteiger partial charge in [0.25, 0.3) is 0 Å². The molecule has 0 amide bonds. The van der Waals surface area contributed by atoms with E-state index in [0.717, 1.165) is 18.0 Å². The second-order valence-electron chi connectivity index (χ2n) is 6.40. The Bertz CT molecular complexity index is 229. The third kappa shape index (κ3) is 3.71. The van der Waals surface area contributed by atoms with E-state index < -0.39 is 0 Å². The molecule has 2 rings (SSSR count). The summed E-state index contributed by atoms with van der Waals surface area (Å²) in [6.45, 7) is 8.44. The minimum Gasteiger partial charge on any atom is -0.315 e. The molecule has 2 heteroatoms. The summed E-state index contributed by atoms with van der Waals surface area (Å²) in [5.74, 6) is 1.03. The Kier molecular flexibility index (Phi) is 5.97. The molecule has 1 saturated heterocycles. The average Bonchev–Trinajstić information content (AvgIpc) is 2.82. The van der Waals surface area contributed by atoms with E-state index in [4.69, 9.17) is 0 Å². The van der Waals surface area contributed by atoms with Crippen molar-refractivity contribution in [1.82, 2.24) is 10.2 Å². The Morgan fingerprint density at radius 3 is 2.83 bits per heavy atom. The number of fused-ring (bicyclic) bond motifs is 1. The van der Waals surface area contributed by atoms with Crippen LogP contribution in [0.5, 0.6) is 0 Å². The Morgan fingerprint density at radius 1 is 1.17 bits per heavy atom. The van der Waals surface area contributed by atoms with E-state index in [2.05, 4.69) is 24.1 Å². The molecule has 2 nitrogen and oxygen atoms in total. The molecule has 1 N–H and O–H groups in total. The first kappa shape index (κ1) is 14.3. The molecule has 3 unspecified atom stereocenters. The highest BCUT2D eigenvalue weighted by molar-refractivity contribution is 4.92. The molecule has 0 aromatic rings. The number of rotatable bonds is 7. The number of unbranched alkanes of at least 4 members (excludes halogenated alkanes) is 2. The van der Waals surface area contributed by atoms with Crippen molar-refractivity contribution in [3.8, 4) is 0 Å². The topological polar surface area (TPSA) is 15.3 Å². The molecule has 18 heavy (non-hydrogen) atoms. The molecule has 0 spiro atoms. The number of nitrogens with one attached hydrogen (secondary N) is 1. The van der Waals surface area contributed by atoms with Gasteiger partial charge >= 0.3 is 0 Å². The molecule has 3 atom stereocenters. The highest BCUT2D eigenvalue weighted by Gasteiger charge is 2.37. The van der Waals surface area contributed by atoms with Crippen molar-refractivity contribution in [2.24, 2.45) is 5.92 Å². The fourth-order valence-electron chi connectivity index (χ4n) is 3.92. The Morgan fingerprint density at radius 2 is 2.00 bits per heavy atom. The largest absolute Gasteiger partial charge is 0.315 e. The van der Waals surface area contributed by atoms with E-state index in [9.17, 15) is 0 Å². The van der Waals surface area contributed by atoms with Crippen molar-refractivity contribution < 1.29 is 0 Å². The van der Waals surface area contributed by atoms with E-state index in [1.807, 2.05) is 0 Å². The molecule has 2 aliphatic rings. The summed E-state index contributed by atoms with van der Waals surface area (Å²) in [7, 11) is 0. The lowest BCUT2D eigenvalue weighted by Gasteiger charge is -2.35. The molecular weight excluding hydrogens is 220 g/mol. The minimum atomic E-state index is 0.736. The molecule has 2 fully saturated rings. The first-order valence-electron chi connectivity index (χ1n) is 8.29. The van der Waals surface area contributed by atoms with Gasteiger partial charge in [-0.15, -0.1) is 0 Å². The first-order chi connectivity index (χ1) is 8.83. The minimum absolute atomic E-state index is 0.736. The molecule has 0 aromatic carbocycles. The van der Waals surface area contributed by atoms with Crippen LogP contribution in [0.1, 0.15) is 65.2 Å². The quantitative estimate of drug-likeness (QED) is 0.698. The van der Waals surface area contributed by atoms with E-state index in [1.54, 1.807) is 0 Å². The molecule has 1 aliphatic heterocycles. The lowest BCUT2D eigenvalue weighted by atomic mass is 9.85. The van der Waals surface area contributed by atoms with Gasteiger partial charge in [-0.1, -0.05) is 32.6 Å². The summed E-state index contributed by atoms with van der Waals surface area (Å²) < 4.78 is 0. The van der Waals surface area contributed by atoms with E-state index in [1.165, 1.54) is 71.0 Å². The molecule has 0 radical (unpaired) electrons. The van der Waals surface area contributed by atoms with Gasteiger partial charge in [-0.05, 0) is 51.6 Å². The van der Waals surface area contributed by atoms with Gasteiger partial charge in [-0.25, -0.2) is 0 Å². The van der Waals surface area contributed by atoms with Crippen LogP contribution in [0, 0.1) is 5.92 Å². The summed E-state index contributed by atoms with van der Waals surface area (Å²) in [5, 5.41) is 3.65. The highest BCUT2D eigenvalue weighted by Crippen LogP contribution is 2.36. The van der Waals surface area contributed by atoms with Crippen LogP contribution in [-0.2, 0) is 0 Å². The molecule has 1 saturated carbocycles. The second kappa shape index (κ2) is 7.49. The standard InChI is InChI=1S/C16H32N2/c1-3-4-7-11-17-13-14(2)18-12-10-15-8-5-6-9-16(15)18/h14-17H,3-13H2,1-2H3. The maximum atomic E-state index is 3.65. The van der Waals surface area contributed by atoms with Gasteiger partial charge in [0.05, 0.1) is 0 Å². The van der Waals surface area contributed by atoms with Gasteiger partial charge in [-0.2, -0.15) is 0 Å². The van der Waals surface area contributed by atoms with E-state index in [0.29, 0.717) is 0 Å². The lowest BCUT2D eigenvalue weighted by molar-refractivity contribution is 0.139. The Hall–Kier alpha value is -0.0800. The monoisotopic (exact) mass is 252 g/mol. The van der Waals surface area contributed by atoms with Crippen LogP contribution in [0.3, 0.4) is 0 Å². The SMILES string of the molecule is CCCCCNCC(C)N1CCC2CCCCC21. The Balaban J connectivity index is 1.67. The number of hydrogen-bond donors (Lipinski definition) is 1. The van der Waals surface area contributed by atoms with Crippen LogP contribution < -0.4 is 5.32 Å². The zero-order valence-electron chi connectivity index (χ0n) is 12.5. The maximum absolute atomic E-state index is 3.65. The van der Waals surface area contributed by atoms with Crippen LogP contribution in [0.15, 0.2) is 0 Å². The Labute approximate surface area is 114 Å². The molecule has 1 aliphatic carbocycles. The first-order valence-corrected chi connectivity index (χ1v) is 8.29. The van der Waals surface area contributed by atoms with Gasteiger partial charge in [0.2, 0.25) is 0 Å². The predicted molar refractivity (Wildman–Crippen MR) is 78.9 cm³/mol. The van der Waals surface area contributed by atoms with Crippen LogP contribution in [0.25, 0.3) is 0 Å². The van der Waals surface area contributed by atoms with Crippen LogP contribution in [0.4, 0.5) is 0 Å². The number of likely N-dealkylation sites (tertiary alicyclic amines) is 1. The summed E-state index contributed by atoms with van der Waals surface area (Å²) in [5.41, 5.74) is 0. The summed E-state index contributed by atoms with van der Waals surface area (Å²) in [6.07, 6.45) is 11.4. The van der Waals surface area contributed by atoms with Gasteiger partial charge in [-0.3, -0.25) is 4.90 Å². The van der Waals surface area contributed by atoms with Crippen molar-refractivity contribution in [3.63, 3.8) is 0 Å². The van der Waals surface area contributed by atoms with Crippen molar-refractivity contribution in [2.45, 2.75) is 77.3 Å². The van der Waals surface area contributed by atoms with Crippen molar-refractivity contribution in [3.05, 3.63) is 0 Å². The second-order valence-corrected chi connectivity index (χ2v) is 6.40. The summed E-state index contributed by atoms with van der Waals surface area (Å²) in [4.78, 5) is 2.80. The van der Waals surface area contributed by atoms with Gasteiger partial charge in [0.1, 0.15) is 0 Å². The summed E-state index contributed by atoms with van der Waals surface area (Å²) >= 11 is 0. The van der Waals surface area contributed by atoms with Crippen LogP contribution in [-0.4, -0.2) is 36.6 Å². The molecule has 0 aromatic heterocycles. The zero-order valence-corrected chi connectivity index (χ0v) is 12.5. The zero-order chi connectivity index (χ0) is 12.8. The smallest absolute Gasteiger partial charge is 0.0195 e. The summed E-state index contributed by atoms with van der Waals surface area (Å²) in [6, 6.07) is 1.66. The van der Waals surface area contributed by atoms with Crippen LogP contribution >= 0.6 is 0 Å². The maximum Gasteiger partial charge on any atom is 0.0195 e. The van der Waals surface area contributed by atoms with Crippen LogP contribution in [0.2, 0.25) is 0 Å².